The second-order valence-electron chi connectivity index (χ2n) is 25.4. The Balaban J connectivity index is 0.750. The molecule has 0 bridgehead atoms. The zero-order valence-corrected chi connectivity index (χ0v) is 41.4. The minimum absolute atomic E-state index is 0.0136. The van der Waals surface area contributed by atoms with Gasteiger partial charge >= 0.3 is 5.97 Å². The van der Waals surface area contributed by atoms with Gasteiger partial charge in [-0.15, -0.1) is 0 Å². The van der Waals surface area contributed by atoms with Gasteiger partial charge in [-0.2, -0.15) is 0 Å². The number of carboxylic acids is 1. The lowest BCUT2D eigenvalue weighted by Crippen LogP contribution is -2.62. The van der Waals surface area contributed by atoms with Crippen molar-refractivity contribution in [3.8, 4) is 0 Å². The minimum atomic E-state index is -1.07. The van der Waals surface area contributed by atoms with Gasteiger partial charge in [0.15, 0.2) is 0 Å². The van der Waals surface area contributed by atoms with E-state index in [9.17, 15) is 50.1 Å². The van der Waals surface area contributed by atoms with Gasteiger partial charge in [-0.1, -0.05) is 41.5 Å². The Labute approximate surface area is 395 Å². The molecule has 0 spiro atoms. The molecule has 376 valence electrons. The lowest BCUT2D eigenvalue weighted by Gasteiger charge is -2.63. The number of hydrogen-bond donors (Lipinski definition) is 9. The Morgan fingerprint density at radius 3 is 1.47 bits per heavy atom. The molecule has 8 rings (SSSR count). The monoisotopic (exact) mass is 927 g/mol. The summed E-state index contributed by atoms with van der Waals surface area (Å²) in [4.78, 5) is 38.5. The summed E-state index contributed by atoms with van der Waals surface area (Å²) in [5.41, 5.74) is -0.623. The second-order valence-corrected chi connectivity index (χ2v) is 25.4. The highest BCUT2D eigenvalue weighted by molar-refractivity contribution is 5.83. The number of hydrogen-bond acceptors (Lipinski definition) is 9. The second kappa shape index (κ2) is 19.4. The van der Waals surface area contributed by atoms with Crippen LogP contribution in [0.1, 0.15) is 176 Å². The van der Waals surface area contributed by atoms with Gasteiger partial charge in [0, 0.05) is 19.4 Å². The molecule has 0 saturated heterocycles. The van der Waals surface area contributed by atoms with Crippen LogP contribution in [-0.4, -0.2) is 103 Å². The average molecular weight is 927 g/mol. The van der Waals surface area contributed by atoms with Gasteiger partial charge in [0.1, 0.15) is 6.04 Å². The average Bonchev–Trinajstić information content (AvgIpc) is 3.81. The molecule has 66 heavy (non-hydrogen) atoms. The molecular formula is C54H90N2O10. The lowest BCUT2D eigenvalue weighted by atomic mass is 9.43. The molecule has 12 nitrogen and oxygen atoms in total. The first-order valence-corrected chi connectivity index (χ1v) is 27.0. The van der Waals surface area contributed by atoms with Crippen LogP contribution in [0.25, 0.3) is 0 Å². The highest BCUT2D eigenvalue weighted by Gasteiger charge is 2.67. The number of aliphatic hydroxyl groups excluding tert-OH is 6. The summed E-state index contributed by atoms with van der Waals surface area (Å²) in [5.74, 6) is 1.21. The Kier molecular flexibility index (Phi) is 14.9. The summed E-state index contributed by atoms with van der Waals surface area (Å²) in [5, 5.41) is 83.8. The van der Waals surface area contributed by atoms with Crippen molar-refractivity contribution < 1.29 is 50.1 Å². The van der Waals surface area contributed by atoms with Gasteiger partial charge in [0.05, 0.1) is 36.6 Å². The molecule has 0 aromatic rings. The van der Waals surface area contributed by atoms with E-state index in [1.165, 1.54) is 0 Å². The Morgan fingerprint density at radius 1 is 0.561 bits per heavy atom. The molecule has 0 unspecified atom stereocenters. The summed E-state index contributed by atoms with van der Waals surface area (Å²) in [6.45, 7) is 14.0. The number of aliphatic hydroxyl groups is 6. The summed E-state index contributed by atoms with van der Waals surface area (Å²) in [6, 6.07) is -1.01. The molecule has 0 aliphatic heterocycles. The number of aliphatic carboxylic acids is 1. The van der Waals surface area contributed by atoms with Gasteiger partial charge in [-0.05, 0) is 215 Å². The highest BCUT2D eigenvalue weighted by Crippen LogP contribution is 2.70. The Hall–Kier alpha value is -1.83. The summed E-state index contributed by atoms with van der Waals surface area (Å²) in [7, 11) is 0. The quantitative estimate of drug-likeness (QED) is 0.0803. The molecule has 23 atom stereocenters. The van der Waals surface area contributed by atoms with E-state index in [1.807, 2.05) is 0 Å². The predicted octanol–water partition coefficient (Wildman–Crippen LogP) is 6.60. The van der Waals surface area contributed by atoms with E-state index in [-0.39, 0.29) is 130 Å². The molecule has 0 heterocycles. The van der Waals surface area contributed by atoms with Gasteiger partial charge < -0.3 is 46.4 Å². The van der Waals surface area contributed by atoms with Crippen LogP contribution in [-0.2, 0) is 14.4 Å². The van der Waals surface area contributed by atoms with Crippen molar-refractivity contribution in [2.24, 2.45) is 92.7 Å². The minimum Gasteiger partial charge on any atom is -0.480 e. The number of unbranched alkanes of at least 4 members (excludes halogenated alkanes) is 1. The molecule has 2 amide bonds. The maximum atomic E-state index is 13.2. The highest BCUT2D eigenvalue weighted by atomic mass is 16.4. The van der Waals surface area contributed by atoms with Gasteiger partial charge in [-0.3, -0.25) is 9.59 Å². The van der Waals surface area contributed by atoms with Crippen molar-refractivity contribution >= 4 is 17.8 Å². The fraction of sp³-hybridized carbons (Fsp3) is 0.944. The summed E-state index contributed by atoms with van der Waals surface area (Å²) in [6.07, 6.45) is 12.5. The van der Waals surface area contributed by atoms with Crippen LogP contribution in [0.2, 0.25) is 0 Å². The fourth-order valence-electron chi connectivity index (χ4n) is 18.7. The molecule has 9 N–H and O–H groups in total. The number of carboxylic acid groups (broad SMARTS) is 1. The number of amides is 2. The van der Waals surface area contributed by atoms with Crippen molar-refractivity contribution in [1.82, 2.24) is 10.6 Å². The molecule has 0 aromatic heterocycles. The third kappa shape index (κ3) is 8.85. The van der Waals surface area contributed by atoms with Crippen LogP contribution >= 0.6 is 0 Å². The summed E-state index contributed by atoms with van der Waals surface area (Å²) < 4.78 is 0. The van der Waals surface area contributed by atoms with Crippen LogP contribution in [0.4, 0.5) is 0 Å². The molecular weight excluding hydrogens is 837 g/mol. The fourth-order valence-corrected chi connectivity index (χ4v) is 18.7. The molecule has 0 aromatic carbocycles. The van der Waals surface area contributed by atoms with Crippen molar-refractivity contribution in [3.63, 3.8) is 0 Å². The van der Waals surface area contributed by atoms with Crippen molar-refractivity contribution in [3.05, 3.63) is 0 Å². The SMILES string of the molecule is C[C@H](CCC(=O)N[C@@H](CCCCNC(=O)CC[C@H](C)[C@H]1CC[C@H]2[C@@H]3[C@H](O)C[C@@H]4C[C@H](O)CC[C@]4(C)[C@H]3C[C@H](O)[C@]12C)C(=O)O)[C@H]1CC[C@H]2[C@@H]3[C@H](O)C[C@@H]4C[C@H](O)CC[C@]4(C)[C@H]3C[C@H](O)[C@]12C. The van der Waals surface area contributed by atoms with Gasteiger partial charge in [0.25, 0.3) is 0 Å². The molecule has 0 radical (unpaired) electrons. The predicted molar refractivity (Wildman–Crippen MR) is 251 cm³/mol. The molecule has 8 fully saturated rings. The number of rotatable bonds is 15. The number of carbonyl (C=O) groups excluding carboxylic acids is 2. The summed E-state index contributed by atoms with van der Waals surface area (Å²) >= 11 is 0. The van der Waals surface area contributed by atoms with E-state index in [0.29, 0.717) is 57.9 Å². The Bertz CT molecular complexity index is 1750. The van der Waals surface area contributed by atoms with Gasteiger partial charge in [-0.25, -0.2) is 4.79 Å². The first kappa shape index (κ1) is 50.6. The maximum Gasteiger partial charge on any atom is 0.326 e. The first-order chi connectivity index (χ1) is 31.1. The van der Waals surface area contributed by atoms with Crippen LogP contribution < -0.4 is 10.6 Å². The van der Waals surface area contributed by atoms with Crippen molar-refractivity contribution in [2.45, 2.75) is 219 Å². The zero-order valence-electron chi connectivity index (χ0n) is 41.4. The Morgan fingerprint density at radius 2 is 1.02 bits per heavy atom. The van der Waals surface area contributed by atoms with E-state index in [2.05, 4.69) is 52.2 Å². The normalized spacial score (nSPS) is 48.5. The van der Waals surface area contributed by atoms with Crippen LogP contribution in [0, 0.1) is 92.7 Å². The molecule has 8 aliphatic carbocycles. The van der Waals surface area contributed by atoms with Crippen molar-refractivity contribution in [1.29, 1.82) is 0 Å². The third-order valence-electron chi connectivity index (χ3n) is 22.6. The number of carbonyl (C=O) groups is 3. The molecule has 8 aliphatic rings. The lowest BCUT2D eigenvalue weighted by molar-refractivity contribution is -0.207. The number of fused-ring (bicyclic) bond motifs is 10. The zero-order chi connectivity index (χ0) is 47.7. The first-order valence-electron chi connectivity index (χ1n) is 27.0. The van der Waals surface area contributed by atoms with Crippen LogP contribution in [0.5, 0.6) is 0 Å². The van der Waals surface area contributed by atoms with Gasteiger partial charge in [0.2, 0.25) is 11.8 Å². The van der Waals surface area contributed by atoms with E-state index in [1.54, 1.807) is 0 Å². The van der Waals surface area contributed by atoms with E-state index >= 15 is 0 Å². The largest absolute Gasteiger partial charge is 0.480 e. The topological polar surface area (TPSA) is 217 Å². The van der Waals surface area contributed by atoms with E-state index in [4.69, 9.17) is 0 Å². The van der Waals surface area contributed by atoms with Crippen LogP contribution in [0.3, 0.4) is 0 Å². The standard InChI is InChI=1S/C54H90N2O10/c1-29(35-12-14-37-48-39(27-44(61)53(35,37)5)51(3)20-18-33(57)23-31(51)25-42(48)59)10-16-46(63)55-22-8-7-9-41(50(65)66)56-47(64)17-11-30(2)36-13-15-38-49-40(28-45(62)54(36,38)6)52(4)21-19-34(58)24-32(52)26-43(49)60/h29-45,48-49,57-62H,7-28H2,1-6H3,(H,55,63)(H,56,64)(H,65,66)/t29-,30+,31-,32-,33+,34+,35+,36+,37-,38-,39-,40-,41-,42+,43+,44-,45-,48-,49-,51-,52-,53+,54+/m0/s1. The van der Waals surface area contributed by atoms with E-state index < -0.39 is 36.4 Å². The number of nitrogens with one attached hydrogen (secondary N) is 2. The van der Waals surface area contributed by atoms with E-state index in [0.717, 1.165) is 70.6 Å². The molecule has 8 saturated carbocycles. The smallest absolute Gasteiger partial charge is 0.326 e. The van der Waals surface area contributed by atoms with Crippen LogP contribution in [0.15, 0.2) is 0 Å². The van der Waals surface area contributed by atoms with Crippen molar-refractivity contribution in [2.75, 3.05) is 6.54 Å². The third-order valence-corrected chi connectivity index (χ3v) is 22.6. The maximum absolute atomic E-state index is 13.2. The molecule has 12 heteroatoms.